The molecule has 8 rings (SSSR count). The lowest BCUT2D eigenvalue weighted by molar-refractivity contribution is 0.667. The molecular formula is C38H28S. The molecule has 0 N–H and O–H groups in total. The molecular weight excluding hydrogens is 488 g/mol. The number of rotatable bonds is 2. The van der Waals surface area contributed by atoms with Crippen LogP contribution in [0, 0.1) is 6.92 Å². The minimum Gasteiger partial charge on any atom is -0.135 e. The number of hydrogen-bond donors (Lipinski definition) is 0. The second-order valence-electron chi connectivity index (χ2n) is 11.4. The minimum atomic E-state index is -0.0533. The smallest absolute Gasteiger partial charge is 0.0399 e. The summed E-state index contributed by atoms with van der Waals surface area (Å²) in [6, 6.07) is 42.9. The van der Waals surface area contributed by atoms with Crippen LogP contribution in [0.2, 0.25) is 0 Å². The zero-order chi connectivity index (χ0) is 26.3. The molecule has 0 saturated heterocycles. The highest BCUT2D eigenvalue weighted by molar-refractivity contribution is 7.22. The number of thiophene rings is 1. The van der Waals surface area contributed by atoms with Crippen molar-refractivity contribution in [2.75, 3.05) is 0 Å². The molecule has 0 saturated carbocycles. The Morgan fingerprint density at radius 2 is 1.13 bits per heavy atom. The Hall–Kier alpha value is -4.20. The second-order valence-corrected chi connectivity index (χ2v) is 12.5. The second kappa shape index (κ2) is 8.15. The average Bonchev–Trinajstić information content (AvgIpc) is 3.44. The molecule has 39 heavy (non-hydrogen) atoms. The highest BCUT2D eigenvalue weighted by Gasteiger charge is 2.39. The predicted octanol–water partition coefficient (Wildman–Crippen LogP) is 11.2. The van der Waals surface area contributed by atoms with E-state index in [0.29, 0.717) is 0 Å². The van der Waals surface area contributed by atoms with Crippen LogP contribution in [0.15, 0.2) is 115 Å². The lowest BCUT2D eigenvalue weighted by Crippen LogP contribution is -2.15. The van der Waals surface area contributed by atoms with Crippen molar-refractivity contribution in [1.29, 1.82) is 0 Å². The normalized spacial score (nSPS) is 13.7. The molecule has 0 fully saturated rings. The van der Waals surface area contributed by atoms with Crippen LogP contribution >= 0.6 is 11.3 Å². The summed E-state index contributed by atoms with van der Waals surface area (Å²) in [4.78, 5) is 1.44. The SMILES string of the molecule is Cc1ccc2sc3c(c2c1)C(C)(C)c1cc(-c2c4ccccc4c(-c4ccccc4)c4ccccc24)ccc1-3. The third-order valence-electron chi connectivity index (χ3n) is 8.69. The molecule has 186 valence electrons. The van der Waals surface area contributed by atoms with Gasteiger partial charge in [-0.1, -0.05) is 123 Å². The van der Waals surface area contributed by atoms with Crippen molar-refractivity contribution in [1.82, 2.24) is 0 Å². The Kier molecular flexibility index (Phi) is 4.75. The fraction of sp³-hybridized carbons (Fsp3) is 0.105. The van der Waals surface area contributed by atoms with Crippen LogP contribution in [0.4, 0.5) is 0 Å². The van der Waals surface area contributed by atoms with Gasteiger partial charge in [-0.15, -0.1) is 11.3 Å². The van der Waals surface area contributed by atoms with Gasteiger partial charge in [0.05, 0.1) is 0 Å². The van der Waals surface area contributed by atoms with Gasteiger partial charge in [-0.25, -0.2) is 0 Å². The lowest BCUT2D eigenvalue weighted by Gasteiger charge is -2.23. The first-order valence-corrected chi connectivity index (χ1v) is 14.5. The van der Waals surface area contributed by atoms with Crippen molar-refractivity contribution >= 4 is 43.0 Å². The molecule has 0 bridgehead atoms. The fourth-order valence-electron chi connectivity index (χ4n) is 6.93. The molecule has 0 spiro atoms. The Morgan fingerprint density at radius 3 is 1.77 bits per heavy atom. The third-order valence-corrected chi connectivity index (χ3v) is 9.89. The molecule has 1 aliphatic rings. The van der Waals surface area contributed by atoms with Gasteiger partial charge in [0.1, 0.15) is 0 Å². The highest BCUT2D eigenvalue weighted by atomic mass is 32.1. The number of fused-ring (bicyclic) bond motifs is 7. The Morgan fingerprint density at radius 1 is 0.538 bits per heavy atom. The van der Waals surface area contributed by atoms with Gasteiger partial charge in [0.25, 0.3) is 0 Å². The van der Waals surface area contributed by atoms with E-state index in [2.05, 4.69) is 136 Å². The van der Waals surface area contributed by atoms with Gasteiger partial charge < -0.3 is 0 Å². The zero-order valence-electron chi connectivity index (χ0n) is 22.4. The van der Waals surface area contributed by atoms with Crippen molar-refractivity contribution in [2.24, 2.45) is 0 Å². The summed E-state index contributed by atoms with van der Waals surface area (Å²) in [5, 5.41) is 6.64. The molecule has 1 heterocycles. The van der Waals surface area contributed by atoms with Gasteiger partial charge in [0.15, 0.2) is 0 Å². The van der Waals surface area contributed by atoms with Crippen LogP contribution < -0.4 is 0 Å². The monoisotopic (exact) mass is 516 g/mol. The van der Waals surface area contributed by atoms with E-state index in [-0.39, 0.29) is 5.41 Å². The molecule has 6 aromatic carbocycles. The molecule has 1 aliphatic carbocycles. The summed E-state index contributed by atoms with van der Waals surface area (Å²) in [7, 11) is 0. The molecule has 1 aromatic heterocycles. The average molecular weight is 517 g/mol. The van der Waals surface area contributed by atoms with E-state index in [1.807, 2.05) is 11.3 Å². The Bertz CT molecular complexity index is 2030. The molecule has 0 amide bonds. The standard InChI is InChI=1S/C38H28S/c1-23-17-20-33-31(21-23)36-37(39-33)30-19-18-25(22-32(30)38(36,2)3)35-28-15-9-7-13-26(28)34(24-11-5-4-6-12-24)27-14-8-10-16-29(27)35/h4-22H,1-3H3. The molecule has 7 aromatic rings. The van der Waals surface area contributed by atoms with E-state index in [4.69, 9.17) is 0 Å². The molecule has 0 radical (unpaired) electrons. The molecule has 0 atom stereocenters. The first-order valence-electron chi connectivity index (χ1n) is 13.7. The van der Waals surface area contributed by atoms with Gasteiger partial charge in [-0.05, 0) is 84.9 Å². The van der Waals surface area contributed by atoms with Gasteiger partial charge >= 0.3 is 0 Å². The summed E-state index contributed by atoms with van der Waals surface area (Å²) < 4.78 is 1.39. The first kappa shape index (κ1) is 22.8. The summed E-state index contributed by atoms with van der Waals surface area (Å²) in [6.07, 6.45) is 0. The number of benzene rings is 6. The molecule has 1 heteroatoms. The van der Waals surface area contributed by atoms with Crippen molar-refractivity contribution < 1.29 is 0 Å². The molecule has 0 nitrogen and oxygen atoms in total. The molecule has 0 aliphatic heterocycles. The van der Waals surface area contributed by atoms with E-state index in [1.165, 1.54) is 81.0 Å². The minimum absolute atomic E-state index is 0.0533. The molecule has 0 unspecified atom stereocenters. The van der Waals surface area contributed by atoms with Crippen LogP contribution in [0.25, 0.3) is 64.3 Å². The Labute approximate surface area is 233 Å². The maximum Gasteiger partial charge on any atom is 0.0399 e. The summed E-state index contributed by atoms with van der Waals surface area (Å²) in [5.74, 6) is 0. The predicted molar refractivity (Wildman–Crippen MR) is 170 cm³/mol. The quantitative estimate of drug-likeness (QED) is 0.200. The van der Waals surface area contributed by atoms with E-state index in [1.54, 1.807) is 0 Å². The zero-order valence-corrected chi connectivity index (χ0v) is 23.2. The lowest BCUT2D eigenvalue weighted by atomic mass is 9.79. The van der Waals surface area contributed by atoms with Crippen molar-refractivity contribution in [2.45, 2.75) is 26.2 Å². The van der Waals surface area contributed by atoms with Gasteiger partial charge in [-0.2, -0.15) is 0 Å². The van der Waals surface area contributed by atoms with Gasteiger partial charge in [-0.3, -0.25) is 0 Å². The fourth-order valence-corrected chi connectivity index (χ4v) is 8.31. The van der Waals surface area contributed by atoms with Gasteiger partial charge in [0, 0.05) is 15.0 Å². The van der Waals surface area contributed by atoms with Crippen LogP contribution in [-0.4, -0.2) is 0 Å². The largest absolute Gasteiger partial charge is 0.135 e. The number of hydrogen-bond acceptors (Lipinski definition) is 1. The summed E-state index contributed by atoms with van der Waals surface area (Å²) >= 11 is 1.95. The van der Waals surface area contributed by atoms with Crippen LogP contribution in [-0.2, 0) is 5.41 Å². The van der Waals surface area contributed by atoms with Crippen molar-refractivity contribution in [3.63, 3.8) is 0 Å². The Balaban J connectivity index is 1.43. The maximum absolute atomic E-state index is 2.49. The van der Waals surface area contributed by atoms with E-state index in [0.717, 1.165) is 0 Å². The van der Waals surface area contributed by atoms with Crippen LogP contribution in [0.5, 0.6) is 0 Å². The van der Waals surface area contributed by atoms with E-state index < -0.39 is 0 Å². The summed E-state index contributed by atoms with van der Waals surface area (Å²) in [5.41, 5.74) is 10.8. The maximum atomic E-state index is 2.49. The van der Waals surface area contributed by atoms with Crippen molar-refractivity contribution in [3.05, 3.63) is 132 Å². The summed E-state index contributed by atoms with van der Waals surface area (Å²) in [6.45, 7) is 7.02. The third kappa shape index (κ3) is 3.17. The first-order chi connectivity index (χ1) is 19.0. The van der Waals surface area contributed by atoms with Crippen LogP contribution in [0.3, 0.4) is 0 Å². The topological polar surface area (TPSA) is 0 Å². The van der Waals surface area contributed by atoms with Crippen LogP contribution in [0.1, 0.15) is 30.5 Å². The van der Waals surface area contributed by atoms with E-state index in [9.17, 15) is 0 Å². The highest BCUT2D eigenvalue weighted by Crippen LogP contribution is 2.56. The van der Waals surface area contributed by atoms with Gasteiger partial charge in [0.2, 0.25) is 0 Å². The van der Waals surface area contributed by atoms with E-state index >= 15 is 0 Å². The van der Waals surface area contributed by atoms with Crippen molar-refractivity contribution in [3.8, 4) is 32.7 Å². The number of aryl methyl sites for hydroxylation is 1.